The van der Waals surface area contributed by atoms with Crippen LogP contribution in [0.25, 0.3) is 10.8 Å². The quantitative estimate of drug-likeness (QED) is 0.490. The molecule has 2 N–H and O–H groups in total. The molecule has 0 saturated carbocycles. The van der Waals surface area contributed by atoms with E-state index in [-0.39, 0.29) is 24.5 Å². The summed E-state index contributed by atoms with van der Waals surface area (Å²) in [5.74, 6) is -0.561. The summed E-state index contributed by atoms with van der Waals surface area (Å²) >= 11 is 0. The maximum Gasteiger partial charge on any atom is 0.415 e. The van der Waals surface area contributed by atoms with Crippen molar-refractivity contribution in [3.63, 3.8) is 0 Å². The zero-order chi connectivity index (χ0) is 24.3. The monoisotopic (exact) mass is 474 g/mol. The highest BCUT2D eigenvalue weighted by atomic mass is 19.4. The van der Waals surface area contributed by atoms with Gasteiger partial charge in [0, 0.05) is 23.8 Å². The van der Waals surface area contributed by atoms with Gasteiger partial charge in [-0.2, -0.15) is 13.2 Å². The third kappa shape index (κ3) is 5.03. The minimum Gasteiger partial charge on any atom is -0.496 e. The highest BCUT2D eigenvalue weighted by Gasteiger charge is 2.44. The van der Waals surface area contributed by atoms with Crippen molar-refractivity contribution in [2.75, 3.05) is 7.11 Å². The molecule has 1 fully saturated rings. The Morgan fingerprint density at radius 2 is 1.94 bits per heavy atom. The van der Waals surface area contributed by atoms with Gasteiger partial charge in [-0.3, -0.25) is 9.59 Å². The van der Waals surface area contributed by atoms with Crippen molar-refractivity contribution >= 4 is 22.6 Å². The topological polar surface area (TPSA) is 80.6 Å². The van der Waals surface area contributed by atoms with E-state index in [0.29, 0.717) is 19.3 Å². The molecule has 0 unspecified atom stereocenters. The Hall–Kier alpha value is -3.49. The molecule has 0 spiro atoms. The maximum atomic E-state index is 13.5. The first kappa shape index (κ1) is 23.7. The zero-order valence-corrected chi connectivity index (χ0v) is 18.6. The Morgan fingerprint density at radius 1 is 1.18 bits per heavy atom. The summed E-state index contributed by atoms with van der Waals surface area (Å²) in [6.45, 7) is 0. The molecule has 2 aromatic carbocycles. The Morgan fingerprint density at radius 3 is 2.56 bits per heavy atom. The van der Waals surface area contributed by atoms with E-state index in [9.17, 15) is 22.8 Å². The van der Waals surface area contributed by atoms with E-state index in [1.165, 1.54) is 12.1 Å². The van der Waals surface area contributed by atoms with Gasteiger partial charge in [-0.15, -0.1) is 0 Å². The molecule has 9 heteroatoms. The molecule has 0 aliphatic carbocycles. The van der Waals surface area contributed by atoms with Gasteiger partial charge in [0.2, 0.25) is 11.8 Å². The fourth-order valence-electron chi connectivity index (χ4n) is 4.57. The largest absolute Gasteiger partial charge is 0.496 e. The number of benzene rings is 2. The molecule has 1 saturated heterocycles. The van der Waals surface area contributed by atoms with Gasteiger partial charge in [-0.05, 0) is 48.4 Å². The second-order valence-corrected chi connectivity index (χ2v) is 8.54. The van der Waals surface area contributed by atoms with Crippen LogP contribution in [0.15, 0.2) is 59.2 Å². The van der Waals surface area contributed by atoms with Crippen LogP contribution in [0.1, 0.15) is 43.0 Å². The van der Waals surface area contributed by atoms with E-state index in [1.54, 1.807) is 7.11 Å². The lowest BCUT2D eigenvalue weighted by Crippen LogP contribution is -2.45. The van der Waals surface area contributed by atoms with E-state index in [4.69, 9.17) is 9.15 Å². The fraction of sp³-hybridized carbons (Fsp3) is 0.360. The van der Waals surface area contributed by atoms with Crippen LogP contribution in [-0.4, -0.2) is 30.6 Å². The number of carbonyl (C=O) groups excluding carboxylic acids is 2. The number of hydrogen-bond acceptors (Lipinski definition) is 4. The number of rotatable bonds is 8. The van der Waals surface area contributed by atoms with Gasteiger partial charge in [-0.1, -0.05) is 30.3 Å². The molecule has 4 rings (SSSR count). The molecular formula is C25H25F3N2O4. The minimum absolute atomic E-state index is 0.137. The smallest absolute Gasteiger partial charge is 0.415 e. The van der Waals surface area contributed by atoms with E-state index < -0.39 is 23.7 Å². The lowest BCUT2D eigenvalue weighted by molar-refractivity contribution is -0.166. The van der Waals surface area contributed by atoms with Gasteiger partial charge < -0.3 is 19.8 Å². The number of halogens is 3. The van der Waals surface area contributed by atoms with E-state index in [1.807, 2.05) is 41.7 Å². The van der Waals surface area contributed by atoms with Gasteiger partial charge in [0.25, 0.3) is 0 Å². The molecule has 2 heterocycles. The molecule has 2 amide bonds. The first-order valence-electron chi connectivity index (χ1n) is 11.0. The van der Waals surface area contributed by atoms with Crippen molar-refractivity contribution in [2.24, 2.45) is 0 Å². The number of furan rings is 1. The molecule has 1 aliphatic heterocycles. The lowest BCUT2D eigenvalue weighted by atomic mass is 9.83. The molecule has 34 heavy (non-hydrogen) atoms. The molecule has 0 bridgehead atoms. The summed E-state index contributed by atoms with van der Waals surface area (Å²) in [4.78, 5) is 24.7. The summed E-state index contributed by atoms with van der Waals surface area (Å²) in [7, 11) is 1.59. The average Bonchev–Trinajstić information content (AvgIpc) is 3.46. The molecule has 6 nitrogen and oxygen atoms in total. The highest BCUT2D eigenvalue weighted by molar-refractivity contribution is 5.91. The van der Waals surface area contributed by atoms with Crippen LogP contribution in [0, 0.1) is 0 Å². The molecule has 1 aliphatic rings. The van der Waals surface area contributed by atoms with Crippen LogP contribution >= 0.6 is 0 Å². The molecule has 180 valence electrons. The Balaban J connectivity index is 1.52. The number of nitrogens with one attached hydrogen (secondary N) is 2. The van der Waals surface area contributed by atoms with Gasteiger partial charge >= 0.3 is 6.18 Å². The second kappa shape index (κ2) is 9.40. The third-order valence-electron chi connectivity index (χ3n) is 6.25. The van der Waals surface area contributed by atoms with Crippen molar-refractivity contribution < 1.29 is 31.9 Å². The molecule has 0 radical (unpaired) electrons. The summed E-state index contributed by atoms with van der Waals surface area (Å²) in [6, 6.07) is 11.8. The predicted octanol–water partition coefficient (Wildman–Crippen LogP) is 4.83. The number of alkyl halides is 3. The SMILES string of the molecule is COc1ccc(C[C@@]2(CCC(=O)N[C@@H](c3ccco3)C(F)(F)F)CCC(=O)N2)c2ccccc12. The van der Waals surface area contributed by atoms with Gasteiger partial charge in [-0.25, -0.2) is 0 Å². The number of ether oxygens (including phenoxy) is 1. The van der Waals surface area contributed by atoms with Gasteiger partial charge in [0.05, 0.1) is 13.4 Å². The number of carbonyl (C=O) groups is 2. The van der Waals surface area contributed by atoms with Gasteiger partial charge in [0.15, 0.2) is 6.04 Å². The van der Waals surface area contributed by atoms with Crippen molar-refractivity contribution in [2.45, 2.75) is 49.9 Å². The molecule has 3 aromatic rings. The standard InChI is InChI=1S/C25H25F3N2O4/c1-33-19-9-8-16(17-5-2-3-6-18(17)19)15-24(13-11-22(32)30-24)12-10-21(31)29-23(25(26,27)28)20-7-4-14-34-20/h2-9,14,23H,10-13,15H2,1H3,(H,29,31)(H,30,32)/t23-,24+/m0/s1. The van der Waals surface area contributed by atoms with Crippen LogP contribution in [0.5, 0.6) is 5.75 Å². The number of methoxy groups -OCH3 is 1. The lowest BCUT2D eigenvalue weighted by Gasteiger charge is -2.30. The van der Waals surface area contributed by atoms with Crippen LogP contribution < -0.4 is 15.4 Å². The van der Waals surface area contributed by atoms with Gasteiger partial charge in [0.1, 0.15) is 11.5 Å². The maximum absolute atomic E-state index is 13.5. The van der Waals surface area contributed by atoms with Crippen molar-refractivity contribution in [1.29, 1.82) is 0 Å². The summed E-state index contributed by atoms with van der Waals surface area (Å²) in [6.07, 6.45) is -2.32. The summed E-state index contributed by atoms with van der Waals surface area (Å²) < 4.78 is 50.7. The van der Waals surface area contributed by atoms with Crippen LogP contribution in [0.2, 0.25) is 0 Å². The Labute approximate surface area is 194 Å². The van der Waals surface area contributed by atoms with Crippen molar-refractivity contribution in [1.82, 2.24) is 10.6 Å². The predicted molar refractivity (Wildman–Crippen MR) is 119 cm³/mol. The average molecular weight is 474 g/mol. The fourth-order valence-corrected chi connectivity index (χ4v) is 4.57. The molecule has 1 aromatic heterocycles. The second-order valence-electron chi connectivity index (χ2n) is 8.54. The van der Waals surface area contributed by atoms with E-state index >= 15 is 0 Å². The van der Waals surface area contributed by atoms with Crippen LogP contribution in [0.4, 0.5) is 13.2 Å². The number of hydrogen-bond donors (Lipinski definition) is 2. The highest BCUT2D eigenvalue weighted by Crippen LogP contribution is 2.36. The minimum atomic E-state index is -4.70. The summed E-state index contributed by atoms with van der Waals surface area (Å²) in [5.41, 5.74) is 0.229. The first-order valence-corrected chi connectivity index (χ1v) is 11.0. The van der Waals surface area contributed by atoms with E-state index in [2.05, 4.69) is 5.32 Å². The molecule has 2 atom stereocenters. The zero-order valence-electron chi connectivity index (χ0n) is 18.6. The van der Waals surface area contributed by atoms with Crippen molar-refractivity contribution in [3.05, 3.63) is 66.1 Å². The number of amides is 2. The normalized spacial score (nSPS) is 19.1. The van der Waals surface area contributed by atoms with Crippen LogP contribution in [-0.2, 0) is 16.0 Å². The first-order chi connectivity index (χ1) is 16.2. The van der Waals surface area contributed by atoms with Crippen molar-refractivity contribution in [3.8, 4) is 5.75 Å². The van der Waals surface area contributed by atoms with E-state index in [0.717, 1.165) is 28.3 Å². The Bertz CT molecular complexity index is 1180. The Kier molecular flexibility index (Phi) is 6.54. The summed E-state index contributed by atoms with van der Waals surface area (Å²) in [5, 5.41) is 6.90. The number of fused-ring (bicyclic) bond motifs is 1. The molecular weight excluding hydrogens is 449 g/mol. The van der Waals surface area contributed by atoms with Crippen LogP contribution in [0.3, 0.4) is 0 Å². The third-order valence-corrected chi connectivity index (χ3v) is 6.25.